The topological polar surface area (TPSA) is 42.2 Å². The molecule has 2 aliphatic heterocycles. The molecule has 4 atom stereocenters. The second kappa shape index (κ2) is 6.61. The number of aryl methyl sites for hydroxylation is 1. The maximum absolute atomic E-state index is 6.23. The summed E-state index contributed by atoms with van der Waals surface area (Å²) in [5, 5.41) is 8.89. The number of piperidine rings is 1. The molecule has 0 aliphatic carbocycles. The smallest absolute Gasteiger partial charge is 0.247 e. The summed E-state index contributed by atoms with van der Waals surface area (Å²) < 4.78 is 6.23. The van der Waals surface area contributed by atoms with E-state index in [-0.39, 0.29) is 5.92 Å². The monoisotopic (exact) mass is 359 g/mol. The summed E-state index contributed by atoms with van der Waals surface area (Å²) in [7, 11) is 2.26. The van der Waals surface area contributed by atoms with Crippen LogP contribution in [0.15, 0.2) is 59.0 Å². The standard InChI is InChI=1S/C23H25N3O/c1-15-8-10-16(11-9-15)19-14-18-12-13-20(26(18)2)21(19)23-25-24-22(27-23)17-6-4-3-5-7-17/h3-11,18-21H,12-14H2,1-2H3/t18?,19-,20?,21-/m1/s1. The first-order chi connectivity index (χ1) is 13.2. The van der Waals surface area contributed by atoms with Gasteiger partial charge in [-0.1, -0.05) is 48.0 Å². The highest BCUT2D eigenvalue weighted by Crippen LogP contribution is 2.50. The van der Waals surface area contributed by atoms with Crippen LogP contribution >= 0.6 is 0 Å². The number of rotatable bonds is 3. The van der Waals surface area contributed by atoms with Crippen molar-refractivity contribution in [2.45, 2.75) is 50.1 Å². The molecule has 1 aromatic heterocycles. The molecule has 0 radical (unpaired) electrons. The first kappa shape index (κ1) is 16.7. The molecule has 0 amide bonds. The second-order valence-corrected chi connectivity index (χ2v) is 8.05. The molecule has 0 spiro atoms. The molecule has 3 heterocycles. The van der Waals surface area contributed by atoms with Gasteiger partial charge in [-0.15, -0.1) is 10.2 Å². The number of aromatic nitrogens is 2. The third-order valence-electron chi connectivity index (χ3n) is 6.52. The van der Waals surface area contributed by atoms with Gasteiger partial charge < -0.3 is 4.42 Å². The van der Waals surface area contributed by atoms with Gasteiger partial charge in [0.25, 0.3) is 0 Å². The third-order valence-corrected chi connectivity index (χ3v) is 6.52. The fourth-order valence-electron chi connectivity index (χ4n) is 5.03. The summed E-state index contributed by atoms with van der Waals surface area (Å²) in [6.45, 7) is 2.14. The normalized spacial score (nSPS) is 27.8. The van der Waals surface area contributed by atoms with E-state index < -0.39 is 0 Å². The van der Waals surface area contributed by atoms with Gasteiger partial charge in [-0.05, 0) is 56.8 Å². The van der Waals surface area contributed by atoms with Crippen LogP contribution < -0.4 is 0 Å². The zero-order chi connectivity index (χ0) is 18.4. The lowest BCUT2D eigenvalue weighted by Crippen LogP contribution is -2.44. The van der Waals surface area contributed by atoms with Crippen molar-refractivity contribution in [3.8, 4) is 11.5 Å². The average molecular weight is 359 g/mol. The Morgan fingerprint density at radius 1 is 0.963 bits per heavy atom. The van der Waals surface area contributed by atoms with Gasteiger partial charge in [0.2, 0.25) is 11.8 Å². The van der Waals surface area contributed by atoms with Crippen LogP contribution in [0, 0.1) is 6.92 Å². The van der Waals surface area contributed by atoms with Crippen LogP contribution in [-0.4, -0.2) is 34.2 Å². The van der Waals surface area contributed by atoms with E-state index in [2.05, 4.69) is 53.3 Å². The van der Waals surface area contributed by atoms with Crippen molar-refractivity contribution in [1.82, 2.24) is 15.1 Å². The fraction of sp³-hybridized carbons (Fsp3) is 0.391. The summed E-state index contributed by atoms with van der Waals surface area (Å²) in [4.78, 5) is 2.54. The van der Waals surface area contributed by atoms with E-state index in [0.717, 1.165) is 17.9 Å². The molecule has 2 saturated heterocycles. The zero-order valence-corrected chi connectivity index (χ0v) is 15.9. The lowest BCUT2D eigenvalue weighted by Gasteiger charge is -2.41. The Balaban J connectivity index is 1.54. The van der Waals surface area contributed by atoms with Gasteiger partial charge in [0, 0.05) is 17.6 Å². The molecule has 4 heteroatoms. The van der Waals surface area contributed by atoms with Crippen molar-refractivity contribution in [2.75, 3.05) is 7.05 Å². The van der Waals surface area contributed by atoms with Crippen LogP contribution in [0.4, 0.5) is 0 Å². The summed E-state index contributed by atoms with van der Waals surface area (Å²) in [6, 6.07) is 20.2. The van der Waals surface area contributed by atoms with Crippen molar-refractivity contribution in [3.63, 3.8) is 0 Å². The highest BCUT2D eigenvalue weighted by molar-refractivity contribution is 5.51. The molecule has 2 fully saturated rings. The number of likely N-dealkylation sites (N-methyl/N-ethyl adjacent to an activating group) is 1. The SMILES string of the molecule is Cc1ccc([C@H]2CC3CCC([C@@H]2c2nnc(-c4ccccc4)o2)N3C)cc1. The molecule has 2 bridgehead atoms. The van der Waals surface area contributed by atoms with Gasteiger partial charge in [0.1, 0.15) is 0 Å². The van der Waals surface area contributed by atoms with Gasteiger partial charge in [0.05, 0.1) is 5.92 Å². The maximum Gasteiger partial charge on any atom is 0.247 e. The summed E-state index contributed by atoms with van der Waals surface area (Å²) in [5.74, 6) is 2.09. The lowest BCUT2D eigenvalue weighted by atomic mass is 9.76. The molecular formula is C23H25N3O. The summed E-state index contributed by atoms with van der Waals surface area (Å²) in [5.41, 5.74) is 3.68. The molecule has 4 nitrogen and oxygen atoms in total. The van der Waals surface area contributed by atoms with Gasteiger partial charge in [0.15, 0.2) is 0 Å². The van der Waals surface area contributed by atoms with E-state index in [9.17, 15) is 0 Å². The van der Waals surface area contributed by atoms with Crippen LogP contribution in [0.5, 0.6) is 0 Å². The van der Waals surface area contributed by atoms with Crippen molar-refractivity contribution in [2.24, 2.45) is 0 Å². The quantitative estimate of drug-likeness (QED) is 0.675. The van der Waals surface area contributed by atoms with E-state index in [1.165, 1.54) is 24.0 Å². The molecule has 2 aliphatic rings. The first-order valence-corrected chi connectivity index (χ1v) is 9.88. The largest absolute Gasteiger partial charge is 0.420 e. The molecular weight excluding hydrogens is 334 g/mol. The van der Waals surface area contributed by atoms with E-state index >= 15 is 0 Å². The van der Waals surface area contributed by atoms with Crippen molar-refractivity contribution in [3.05, 3.63) is 71.6 Å². The summed E-state index contributed by atoms with van der Waals surface area (Å²) >= 11 is 0. The number of hydrogen-bond acceptors (Lipinski definition) is 4. The molecule has 2 unspecified atom stereocenters. The Bertz CT molecular complexity index is 918. The lowest BCUT2D eigenvalue weighted by molar-refractivity contribution is 0.124. The molecule has 138 valence electrons. The first-order valence-electron chi connectivity index (χ1n) is 9.88. The average Bonchev–Trinajstić information content (AvgIpc) is 3.26. The Labute approximate surface area is 160 Å². The minimum absolute atomic E-state index is 0.251. The third kappa shape index (κ3) is 2.88. The molecule has 0 N–H and O–H groups in total. The Hall–Kier alpha value is -2.46. The summed E-state index contributed by atoms with van der Waals surface area (Å²) in [6.07, 6.45) is 3.63. The highest BCUT2D eigenvalue weighted by atomic mass is 16.4. The van der Waals surface area contributed by atoms with E-state index in [0.29, 0.717) is 23.9 Å². The maximum atomic E-state index is 6.23. The van der Waals surface area contributed by atoms with Crippen LogP contribution in [0.3, 0.4) is 0 Å². The van der Waals surface area contributed by atoms with Crippen molar-refractivity contribution >= 4 is 0 Å². The van der Waals surface area contributed by atoms with Gasteiger partial charge in [-0.25, -0.2) is 0 Å². The van der Waals surface area contributed by atoms with Crippen molar-refractivity contribution < 1.29 is 4.42 Å². The fourth-order valence-corrected chi connectivity index (χ4v) is 5.03. The van der Waals surface area contributed by atoms with Crippen LogP contribution in [0.1, 0.15) is 48.1 Å². The molecule has 27 heavy (non-hydrogen) atoms. The van der Waals surface area contributed by atoms with Gasteiger partial charge in [-0.2, -0.15) is 0 Å². The number of nitrogens with zero attached hydrogens (tertiary/aromatic N) is 3. The van der Waals surface area contributed by atoms with Crippen LogP contribution in [-0.2, 0) is 0 Å². The number of benzene rings is 2. The Kier molecular flexibility index (Phi) is 4.09. The van der Waals surface area contributed by atoms with Gasteiger partial charge in [-0.3, -0.25) is 4.90 Å². The zero-order valence-electron chi connectivity index (χ0n) is 15.9. The Morgan fingerprint density at radius 2 is 1.74 bits per heavy atom. The molecule has 0 saturated carbocycles. The van der Waals surface area contributed by atoms with Gasteiger partial charge >= 0.3 is 0 Å². The van der Waals surface area contributed by atoms with E-state index in [1.54, 1.807) is 0 Å². The second-order valence-electron chi connectivity index (χ2n) is 8.05. The highest BCUT2D eigenvalue weighted by Gasteiger charge is 2.48. The van der Waals surface area contributed by atoms with E-state index in [4.69, 9.17) is 4.42 Å². The minimum atomic E-state index is 0.251. The van der Waals surface area contributed by atoms with Crippen LogP contribution in [0.2, 0.25) is 0 Å². The van der Waals surface area contributed by atoms with E-state index in [1.807, 2.05) is 30.3 Å². The predicted molar refractivity (Wildman–Crippen MR) is 106 cm³/mol. The molecule has 5 rings (SSSR count). The minimum Gasteiger partial charge on any atom is -0.420 e. The Morgan fingerprint density at radius 3 is 2.52 bits per heavy atom. The van der Waals surface area contributed by atoms with Crippen LogP contribution in [0.25, 0.3) is 11.5 Å². The molecule has 2 aromatic carbocycles. The van der Waals surface area contributed by atoms with Crippen molar-refractivity contribution in [1.29, 1.82) is 0 Å². The number of hydrogen-bond donors (Lipinski definition) is 0. The predicted octanol–water partition coefficient (Wildman–Crippen LogP) is 4.78. The molecule has 3 aromatic rings. The number of fused-ring (bicyclic) bond motifs is 2.